The molecule has 0 aliphatic rings. The molecule has 0 aromatic heterocycles. The van der Waals surface area contributed by atoms with Crippen LogP contribution in [0, 0.1) is 0 Å². The van der Waals surface area contributed by atoms with E-state index in [2.05, 4.69) is 39.3 Å². The van der Waals surface area contributed by atoms with Gasteiger partial charge in [-0.05, 0) is 52.3 Å². The Hall–Kier alpha value is -0.686. The molecule has 0 amide bonds. The van der Waals surface area contributed by atoms with Gasteiger partial charge in [0.2, 0.25) is 16.6 Å². The summed E-state index contributed by atoms with van der Waals surface area (Å²) >= 11 is 0. The van der Waals surface area contributed by atoms with Crippen molar-refractivity contribution in [3.05, 3.63) is 23.9 Å². The van der Waals surface area contributed by atoms with Crippen molar-refractivity contribution in [1.29, 1.82) is 0 Å². The van der Waals surface area contributed by atoms with Gasteiger partial charge in [-0.1, -0.05) is 0 Å². The van der Waals surface area contributed by atoms with Crippen LogP contribution in [0.25, 0.3) is 0 Å². The van der Waals surface area contributed by atoms with E-state index in [9.17, 15) is 0 Å². The second-order valence-corrected chi connectivity index (χ2v) is 14.6. The molecule has 0 saturated heterocycles. The number of ether oxygens (including phenoxy) is 1. The van der Waals surface area contributed by atoms with Crippen molar-refractivity contribution in [1.82, 2.24) is 0 Å². The third-order valence-corrected chi connectivity index (χ3v) is 3.24. The third kappa shape index (κ3) is 9.06. The fraction of sp³-hybridized carbons (Fsp3) is 0.667. The van der Waals surface area contributed by atoms with Crippen molar-refractivity contribution in [2.24, 2.45) is 0 Å². The van der Waals surface area contributed by atoms with Gasteiger partial charge in [0, 0.05) is 0 Å². The molecule has 0 atom stereocenters. The molecule has 3 nitrogen and oxygen atoms in total. The van der Waals surface area contributed by atoms with Gasteiger partial charge < -0.3 is 13.6 Å². The second-order valence-electron chi connectivity index (χ2n) is 5.79. The Kier molecular flexibility index (Phi) is 6.05. The Labute approximate surface area is 108 Å². The molecule has 0 aliphatic heterocycles. The van der Waals surface area contributed by atoms with Crippen LogP contribution in [0.2, 0.25) is 39.3 Å². The lowest BCUT2D eigenvalue weighted by Gasteiger charge is -2.23. The highest BCUT2D eigenvalue weighted by atomic mass is 28.4. The first kappa shape index (κ1) is 16.3. The molecule has 0 aliphatic carbocycles. The van der Waals surface area contributed by atoms with E-state index in [4.69, 9.17) is 13.6 Å². The molecule has 0 unspecified atom stereocenters. The van der Waals surface area contributed by atoms with Gasteiger partial charge in [0.1, 0.15) is 5.76 Å². The first-order chi connectivity index (χ1) is 7.57. The average molecular weight is 275 g/mol. The van der Waals surface area contributed by atoms with Crippen LogP contribution < -0.4 is 0 Å². The molecular weight excluding hydrogens is 248 g/mol. The number of methoxy groups -OCH3 is 1. The van der Waals surface area contributed by atoms with Crippen LogP contribution in [-0.2, 0) is 13.6 Å². The Morgan fingerprint density at radius 1 is 0.882 bits per heavy atom. The van der Waals surface area contributed by atoms with Crippen LogP contribution in [0.3, 0.4) is 0 Å². The largest absolute Gasteiger partial charge is 0.544 e. The topological polar surface area (TPSA) is 27.7 Å². The molecular formula is C12H26O3Si2. The molecule has 0 bridgehead atoms. The summed E-state index contributed by atoms with van der Waals surface area (Å²) in [5, 5.41) is 0. The molecule has 100 valence electrons. The van der Waals surface area contributed by atoms with Crippen LogP contribution in [-0.4, -0.2) is 23.7 Å². The maximum Gasteiger partial charge on any atom is 0.268 e. The molecule has 0 N–H and O–H groups in total. The Bertz CT molecular complexity index is 296. The van der Waals surface area contributed by atoms with E-state index in [1.807, 2.05) is 19.1 Å². The van der Waals surface area contributed by atoms with Crippen molar-refractivity contribution < 1.29 is 13.6 Å². The summed E-state index contributed by atoms with van der Waals surface area (Å²) in [4.78, 5) is 0. The summed E-state index contributed by atoms with van der Waals surface area (Å²) in [5.74, 6) is 1.36. The van der Waals surface area contributed by atoms with E-state index in [0.29, 0.717) is 5.95 Å². The van der Waals surface area contributed by atoms with Crippen molar-refractivity contribution in [3.63, 3.8) is 0 Å². The van der Waals surface area contributed by atoms with Crippen molar-refractivity contribution in [2.75, 3.05) is 7.11 Å². The zero-order chi connectivity index (χ0) is 13.7. The molecule has 0 aromatic carbocycles. The minimum Gasteiger partial charge on any atom is -0.544 e. The summed E-state index contributed by atoms with van der Waals surface area (Å²) in [5.41, 5.74) is 0. The third-order valence-electron chi connectivity index (χ3n) is 1.58. The fourth-order valence-electron chi connectivity index (χ4n) is 1.07. The van der Waals surface area contributed by atoms with E-state index in [1.165, 1.54) is 0 Å². The van der Waals surface area contributed by atoms with Gasteiger partial charge >= 0.3 is 0 Å². The van der Waals surface area contributed by atoms with Crippen LogP contribution in [0.1, 0.15) is 6.92 Å². The minimum absolute atomic E-state index is 0.538. The normalized spacial score (nSPS) is 14.6. The number of rotatable bonds is 6. The molecule has 0 heterocycles. The zero-order valence-electron chi connectivity index (χ0n) is 12.4. The predicted molar refractivity (Wildman–Crippen MR) is 77.7 cm³/mol. The van der Waals surface area contributed by atoms with E-state index in [0.717, 1.165) is 5.76 Å². The zero-order valence-corrected chi connectivity index (χ0v) is 14.4. The van der Waals surface area contributed by atoms with E-state index in [-0.39, 0.29) is 0 Å². The van der Waals surface area contributed by atoms with Gasteiger partial charge in [-0.15, -0.1) is 0 Å². The van der Waals surface area contributed by atoms with Gasteiger partial charge in [0.05, 0.1) is 13.2 Å². The van der Waals surface area contributed by atoms with Crippen molar-refractivity contribution in [2.45, 2.75) is 46.2 Å². The first-order valence-electron chi connectivity index (χ1n) is 5.87. The number of hydrogen-bond donors (Lipinski definition) is 0. The quantitative estimate of drug-likeness (QED) is 0.415. The maximum atomic E-state index is 5.91. The number of hydrogen-bond acceptors (Lipinski definition) is 3. The summed E-state index contributed by atoms with van der Waals surface area (Å²) in [6.45, 7) is 14.8. The van der Waals surface area contributed by atoms with Crippen LogP contribution >= 0.6 is 0 Å². The van der Waals surface area contributed by atoms with Gasteiger partial charge in [-0.3, -0.25) is 0 Å². The SMILES string of the molecule is C/C=C(\C=C(/OC)O[Si](C)(C)C)O[Si](C)(C)C. The van der Waals surface area contributed by atoms with Gasteiger partial charge in [-0.25, -0.2) is 0 Å². The van der Waals surface area contributed by atoms with Gasteiger partial charge in [-0.2, -0.15) is 0 Å². The maximum absolute atomic E-state index is 5.91. The predicted octanol–water partition coefficient (Wildman–Crippen LogP) is 4.08. The summed E-state index contributed by atoms with van der Waals surface area (Å²) in [7, 11) is -1.62. The number of allylic oxidation sites excluding steroid dienone is 2. The van der Waals surface area contributed by atoms with E-state index < -0.39 is 16.6 Å². The molecule has 5 heteroatoms. The molecule has 0 aromatic rings. The monoisotopic (exact) mass is 274 g/mol. The molecule has 0 rings (SSSR count). The first-order valence-corrected chi connectivity index (χ1v) is 12.7. The Morgan fingerprint density at radius 2 is 1.35 bits per heavy atom. The lowest BCUT2D eigenvalue weighted by molar-refractivity contribution is 0.145. The van der Waals surface area contributed by atoms with Gasteiger partial charge in [0.25, 0.3) is 5.95 Å². The summed E-state index contributed by atoms with van der Waals surface area (Å²) in [6.07, 6.45) is 3.77. The summed E-state index contributed by atoms with van der Waals surface area (Å²) in [6, 6.07) is 0. The van der Waals surface area contributed by atoms with Crippen molar-refractivity contribution >= 4 is 16.6 Å². The van der Waals surface area contributed by atoms with Crippen LogP contribution in [0.15, 0.2) is 23.9 Å². The highest BCUT2D eigenvalue weighted by Crippen LogP contribution is 2.17. The van der Waals surface area contributed by atoms with E-state index in [1.54, 1.807) is 7.11 Å². The highest BCUT2D eigenvalue weighted by Gasteiger charge is 2.20. The minimum atomic E-state index is -1.64. The van der Waals surface area contributed by atoms with E-state index >= 15 is 0 Å². The fourth-order valence-corrected chi connectivity index (χ4v) is 2.70. The average Bonchev–Trinajstić information content (AvgIpc) is 2.11. The molecule has 0 spiro atoms. The molecule has 0 fully saturated rings. The molecule has 0 saturated carbocycles. The van der Waals surface area contributed by atoms with Gasteiger partial charge in [0.15, 0.2) is 0 Å². The Balaban J connectivity index is 4.81. The van der Waals surface area contributed by atoms with Crippen LogP contribution in [0.4, 0.5) is 0 Å². The molecule has 0 radical (unpaired) electrons. The Morgan fingerprint density at radius 3 is 1.65 bits per heavy atom. The van der Waals surface area contributed by atoms with Crippen LogP contribution in [0.5, 0.6) is 0 Å². The highest BCUT2D eigenvalue weighted by molar-refractivity contribution is 6.70. The smallest absolute Gasteiger partial charge is 0.268 e. The lowest BCUT2D eigenvalue weighted by atomic mass is 10.4. The van der Waals surface area contributed by atoms with Crippen molar-refractivity contribution in [3.8, 4) is 0 Å². The standard InChI is InChI=1S/C12H26O3Si2/c1-9-11(14-16(3,4)5)10-12(13-2)15-17(6,7)8/h9-10H,1-8H3/b11-9+,12-10+. The lowest BCUT2D eigenvalue weighted by Crippen LogP contribution is -2.26. The second kappa shape index (κ2) is 6.30. The summed E-state index contributed by atoms with van der Waals surface area (Å²) < 4.78 is 17.0. The molecule has 17 heavy (non-hydrogen) atoms.